The van der Waals surface area contributed by atoms with E-state index in [1.54, 1.807) is 6.92 Å². The van der Waals surface area contributed by atoms with Crippen LogP contribution in [0.1, 0.15) is 31.7 Å². The molecule has 1 heterocycles. The van der Waals surface area contributed by atoms with Gasteiger partial charge < -0.3 is 5.11 Å². The predicted octanol–water partition coefficient (Wildman–Crippen LogP) is 3.55. The van der Waals surface area contributed by atoms with Crippen molar-refractivity contribution in [2.24, 2.45) is 0 Å². The number of hydrogen-bond donors (Lipinski definition) is 1. The summed E-state index contributed by atoms with van der Waals surface area (Å²) < 4.78 is 0. The predicted molar refractivity (Wildman–Crippen MR) is 106 cm³/mol. The molecule has 1 N–H and O–H groups in total. The maximum atomic E-state index is 12.7. The van der Waals surface area contributed by atoms with E-state index in [2.05, 4.69) is 17.0 Å². The number of aliphatic carboxylic acids is 1. The average Bonchev–Trinajstić information content (AvgIpc) is 2.71. The molecular weight excluding hydrogens is 340 g/mol. The van der Waals surface area contributed by atoms with Gasteiger partial charge in [-0.05, 0) is 30.5 Å². The van der Waals surface area contributed by atoms with Gasteiger partial charge in [-0.15, -0.1) is 0 Å². The summed E-state index contributed by atoms with van der Waals surface area (Å²) in [5.74, 6) is -1.08. The van der Waals surface area contributed by atoms with Crippen molar-refractivity contribution >= 4 is 17.6 Å². The zero-order valence-corrected chi connectivity index (χ0v) is 15.7. The summed E-state index contributed by atoms with van der Waals surface area (Å²) in [6, 6.07) is 19.3. The largest absolute Gasteiger partial charge is 0.479 e. The summed E-state index contributed by atoms with van der Waals surface area (Å²) in [5.41, 5.74) is 0.676. The van der Waals surface area contributed by atoms with E-state index in [0.29, 0.717) is 31.6 Å². The number of rotatable bonds is 6. The second-order valence-corrected chi connectivity index (χ2v) is 7.02. The van der Waals surface area contributed by atoms with Crippen LogP contribution >= 0.6 is 0 Å². The molecule has 2 aromatic carbocycles. The third-order valence-corrected chi connectivity index (χ3v) is 5.32. The fourth-order valence-corrected chi connectivity index (χ4v) is 3.82. The fraction of sp³-hybridized carbons (Fsp3) is 0.364. The molecule has 0 unspecified atom stereocenters. The van der Waals surface area contributed by atoms with Crippen molar-refractivity contribution in [3.05, 3.63) is 66.2 Å². The van der Waals surface area contributed by atoms with E-state index in [-0.39, 0.29) is 12.3 Å². The Balaban J connectivity index is 1.83. The van der Waals surface area contributed by atoms with Gasteiger partial charge in [0.25, 0.3) is 0 Å². The third-order valence-electron chi connectivity index (χ3n) is 5.32. The van der Waals surface area contributed by atoms with Crippen LogP contribution in [0.3, 0.4) is 0 Å². The van der Waals surface area contributed by atoms with Gasteiger partial charge in [0.05, 0.1) is 0 Å². The van der Waals surface area contributed by atoms with Gasteiger partial charge in [0, 0.05) is 31.7 Å². The van der Waals surface area contributed by atoms with Gasteiger partial charge in [-0.2, -0.15) is 0 Å². The Bertz CT molecular complexity index is 769. The Hall–Kier alpha value is -2.66. The number of piperidine rings is 1. The van der Waals surface area contributed by atoms with E-state index < -0.39 is 11.5 Å². The minimum Gasteiger partial charge on any atom is -0.479 e. The number of carboxylic acids is 1. The van der Waals surface area contributed by atoms with Crippen molar-refractivity contribution in [2.75, 3.05) is 18.0 Å². The second-order valence-electron chi connectivity index (χ2n) is 7.02. The van der Waals surface area contributed by atoms with Crippen LogP contribution in [0.4, 0.5) is 5.69 Å². The third kappa shape index (κ3) is 4.03. The summed E-state index contributed by atoms with van der Waals surface area (Å²) in [6.07, 6.45) is 1.10. The number of carbonyl (C=O) groups excluding carboxylic acids is 1. The van der Waals surface area contributed by atoms with Crippen LogP contribution in [0.15, 0.2) is 60.7 Å². The van der Waals surface area contributed by atoms with Crippen LogP contribution in [-0.4, -0.2) is 40.5 Å². The summed E-state index contributed by atoms with van der Waals surface area (Å²) in [7, 11) is 0. The number of amides is 1. The topological polar surface area (TPSA) is 60.9 Å². The normalized spacial score (nSPS) is 16.6. The van der Waals surface area contributed by atoms with Gasteiger partial charge in [0.15, 0.2) is 0 Å². The summed E-state index contributed by atoms with van der Waals surface area (Å²) >= 11 is 0. The van der Waals surface area contributed by atoms with Gasteiger partial charge in [0.1, 0.15) is 5.54 Å². The molecule has 1 fully saturated rings. The molecule has 5 heteroatoms. The lowest BCUT2D eigenvalue weighted by Gasteiger charge is -2.45. The molecule has 3 rings (SSSR count). The first-order chi connectivity index (χ1) is 13.1. The van der Waals surface area contributed by atoms with Crippen LogP contribution < -0.4 is 4.90 Å². The molecule has 0 atom stereocenters. The number of carbonyl (C=O) groups is 2. The molecule has 2 aromatic rings. The smallest absolute Gasteiger partial charge is 0.330 e. The summed E-state index contributed by atoms with van der Waals surface area (Å²) in [5, 5.41) is 10.1. The molecule has 0 bridgehead atoms. The van der Waals surface area contributed by atoms with Gasteiger partial charge >= 0.3 is 5.97 Å². The molecule has 5 nitrogen and oxygen atoms in total. The summed E-state index contributed by atoms with van der Waals surface area (Å²) in [4.78, 5) is 28.9. The number of benzene rings is 2. The van der Waals surface area contributed by atoms with Gasteiger partial charge in [-0.1, -0.05) is 55.5 Å². The monoisotopic (exact) mass is 366 g/mol. The molecule has 0 saturated carbocycles. The van der Waals surface area contributed by atoms with Gasteiger partial charge in [-0.25, -0.2) is 4.79 Å². The second kappa shape index (κ2) is 8.35. The summed E-state index contributed by atoms with van der Waals surface area (Å²) in [6.45, 7) is 3.85. The Kier molecular flexibility index (Phi) is 5.91. The van der Waals surface area contributed by atoms with Crippen molar-refractivity contribution in [2.45, 2.75) is 38.3 Å². The minimum absolute atomic E-state index is 0.153. The van der Waals surface area contributed by atoms with E-state index in [4.69, 9.17) is 0 Å². The lowest BCUT2D eigenvalue weighted by atomic mass is 9.84. The first-order valence-corrected chi connectivity index (χ1v) is 9.44. The molecule has 1 aliphatic heterocycles. The van der Waals surface area contributed by atoms with Crippen LogP contribution in [0, 0.1) is 0 Å². The highest BCUT2D eigenvalue weighted by atomic mass is 16.4. The molecule has 1 aliphatic rings. The lowest BCUT2D eigenvalue weighted by molar-refractivity contribution is -0.147. The van der Waals surface area contributed by atoms with Crippen molar-refractivity contribution < 1.29 is 14.7 Å². The molecule has 0 spiro atoms. The highest BCUT2D eigenvalue weighted by Gasteiger charge is 2.48. The molecule has 27 heavy (non-hydrogen) atoms. The van der Waals surface area contributed by atoms with E-state index in [0.717, 1.165) is 6.54 Å². The van der Waals surface area contributed by atoms with E-state index in [9.17, 15) is 14.7 Å². The molecule has 0 aliphatic carbocycles. The molecule has 1 amide bonds. The molecule has 1 saturated heterocycles. The Labute approximate surface area is 160 Å². The number of nitrogens with zero attached hydrogens (tertiary/aromatic N) is 2. The van der Waals surface area contributed by atoms with Crippen molar-refractivity contribution in [3.8, 4) is 0 Å². The fourth-order valence-electron chi connectivity index (χ4n) is 3.82. The minimum atomic E-state index is -1.19. The first kappa shape index (κ1) is 19.1. The lowest BCUT2D eigenvalue weighted by Crippen LogP contribution is -2.62. The number of para-hydroxylation sites is 1. The average molecular weight is 366 g/mol. The highest BCUT2D eigenvalue weighted by Crippen LogP contribution is 2.35. The molecule has 142 valence electrons. The number of anilines is 1. The zero-order valence-electron chi connectivity index (χ0n) is 15.7. The molecule has 0 radical (unpaired) electrons. The van der Waals surface area contributed by atoms with Gasteiger partial charge in [0.2, 0.25) is 5.91 Å². The van der Waals surface area contributed by atoms with Crippen LogP contribution in [-0.2, 0) is 16.1 Å². The maximum absolute atomic E-state index is 12.7. The molecule has 0 aromatic heterocycles. The Morgan fingerprint density at radius 2 is 1.56 bits per heavy atom. The Morgan fingerprint density at radius 1 is 1.00 bits per heavy atom. The van der Waals surface area contributed by atoms with Crippen molar-refractivity contribution in [1.82, 2.24) is 4.90 Å². The Morgan fingerprint density at radius 3 is 2.07 bits per heavy atom. The van der Waals surface area contributed by atoms with E-state index in [1.807, 2.05) is 48.5 Å². The maximum Gasteiger partial charge on any atom is 0.330 e. The van der Waals surface area contributed by atoms with Crippen molar-refractivity contribution in [3.63, 3.8) is 0 Å². The van der Waals surface area contributed by atoms with Crippen LogP contribution in [0.2, 0.25) is 0 Å². The number of hydrogen-bond acceptors (Lipinski definition) is 3. The van der Waals surface area contributed by atoms with Gasteiger partial charge in [-0.3, -0.25) is 14.6 Å². The number of carboxylic acid groups (broad SMARTS) is 1. The van der Waals surface area contributed by atoms with Crippen LogP contribution in [0.25, 0.3) is 0 Å². The van der Waals surface area contributed by atoms with E-state index in [1.165, 1.54) is 10.5 Å². The quantitative estimate of drug-likeness (QED) is 0.849. The molecular formula is C22H26N2O3. The van der Waals surface area contributed by atoms with Crippen molar-refractivity contribution in [1.29, 1.82) is 0 Å². The SMILES string of the molecule is CCC(=O)N(c1ccccc1)C1(C(=O)O)CCN(Cc2ccccc2)CC1. The van der Waals surface area contributed by atoms with E-state index >= 15 is 0 Å². The van der Waals surface area contributed by atoms with Crippen LogP contribution in [0.5, 0.6) is 0 Å². The zero-order chi connectivity index (χ0) is 19.3. The first-order valence-electron chi connectivity index (χ1n) is 9.44. The standard InChI is InChI=1S/C22H26N2O3/c1-2-20(25)24(19-11-7-4-8-12-19)22(21(26)27)13-15-23(16-14-22)17-18-9-5-3-6-10-18/h3-12H,2,13-17H2,1H3,(H,26,27). The highest BCUT2D eigenvalue weighted by molar-refractivity contribution is 6.01. The number of likely N-dealkylation sites (tertiary alicyclic amines) is 1.